The Kier molecular flexibility index (Phi) is 3.30. The third kappa shape index (κ3) is 2.74. The van der Waals surface area contributed by atoms with Crippen molar-refractivity contribution in [2.75, 3.05) is 5.73 Å². The van der Waals surface area contributed by atoms with E-state index >= 15 is 0 Å². The lowest BCUT2D eigenvalue weighted by atomic mass is 10.0. The van der Waals surface area contributed by atoms with Gasteiger partial charge in [0, 0.05) is 0 Å². The Labute approximate surface area is 114 Å². The average Bonchev–Trinajstić information content (AvgIpc) is 3.14. The summed E-state index contributed by atoms with van der Waals surface area (Å²) in [5.41, 5.74) is 8.18. The topological polar surface area (TPSA) is 61.3 Å². The van der Waals surface area contributed by atoms with Crippen LogP contribution in [0.3, 0.4) is 0 Å². The van der Waals surface area contributed by atoms with Gasteiger partial charge < -0.3 is 15.0 Å². The molecule has 2 N–H and O–H groups in total. The molecule has 1 saturated carbocycles. The number of nitrogens with two attached hydrogens (primary N) is 1. The van der Waals surface area contributed by atoms with E-state index in [1.807, 2.05) is 0 Å². The molecule has 0 atom stereocenters. The molecule has 0 saturated heterocycles. The monoisotopic (exact) mass is 280 g/mol. The van der Waals surface area contributed by atoms with Gasteiger partial charge in [-0.25, -0.2) is 0 Å². The van der Waals surface area contributed by atoms with E-state index in [0.717, 1.165) is 23.2 Å². The minimum atomic E-state index is -2.83. The van der Waals surface area contributed by atoms with Gasteiger partial charge in [-0.3, -0.25) is 0 Å². The second kappa shape index (κ2) is 5.11. The third-order valence-electron chi connectivity index (χ3n) is 3.34. The molecule has 2 aromatic rings. The number of rotatable bonds is 5. The first-order valence-electron chi connectivity index (χ1n) is 6.42. The first-order chi connectivity index (χ1) is 9.63. The molecule has 106 valence electrons. The second-order valence-corrected chi connectivity index (χ2v) is 4.92. The lowest BCUT2D eigenvalue weighted by Crippen LogP contribution is -2.01. The average molecular weight is 280 g/mol. The minimum absolute atomic E-state index is 0.113. The maximum atomic E-state index is 12.1. The highest BCUT2D eigenvalue weighted by molar-refractivity contribution is 5.75. The van der Waals surface area contributed by atoms with Crippen molar-refractivity contribution in [3.05, 3.63) is 30.0 Å². The molecule has 1 aliphatic rings. The van der Waals surface area contributed by atoms with Gasteiger partial charge in [0.1, 0.15) is 5.75 Å². The van der Waals surface area contributed by atoms with E-state index in [-0.39, 0.29) is 11.6 Å². The zero-order chi connectivity index (χ0) is 14.1. The largest absolute Gasteiger partial charge is 0.435 e. The molecule has 1 fully saturated rings. The van der Waals surface area contributed by atoms with Crippen molar-refractivity contribution in [3.8, 4) is 16.9 Å². The molecule has 6 heteroatoms. The second-order valence-electron chi connectivity index (χ2n) is 4.92. The molecule has 20 heavy (non-hydrogen) atoms. The lowest BCUT2D eigenvalue weighted by molar-refractivity contribution is -0.0498. The summed E-state index contributed by atoms with van der Waals surface area (Å²) >= 11 is 0. The predicted molar refractivity (Wildman–Crippen MR) is 69.4 cm³/mol. The molecule has 0 unspecified atom stereocenters. The maximum absolute atomic E-state index is 12.1. The molecule has 0 bridgehead atoms. The molecule has 0 radical (unpaired) electrons. The van der Waals surface area contributed by atoms with Crippen molar-refractivity contribution in [3.63, 3.8) is 0 Å². The van der Waals surface area contributed by atoms with Gasteiger partial charge in [-0.05, 0) is 42.9 Å². The Morgan fingerprint density at radius 2 is 2.00 bits per heavy atom. The van der Waals surface area contributed by atoms with Crippen LogP contribution in [-0.2, 0) is 6.42 Å². The molecular weight excluding hydrogens is 266 g/mol. The molecular formula is C14H14F2N2O2. The fourth-order valence-corrected chi connectivity index (χ4v) is 2.18. The normalized spacial score (nSPS) is 14.8. The van der Waals surface area contributed by atoms with Crippen molar-refractivity contribution in [1.82, 2.24) is 5.16 Å². The van der Waals surface area contributed by atoms with Crippen LogP contribution in [-0.4, -0.2) is 11.8 Å². The van der Waals surface area contributed by atoms with Crippen LogP contribution in [0, 0.1) is 5.92 Å². The summed E-state index contributed by atoms with van der Waals surface area (Å²) in [7, 11) is 0. The van der Waals surface area contributed by atoms with Crippen LogP contribution in [0.4, 0.5) is 14.7 Å². The zero-order valence-electron chi connectivity index (χ0n) is 10.7. The standard InChI is InChI=1S/C14H14F2N2O2/c15-14(16)19-10-5-3-9(4-6-10)12-11(7-8-1-2-8)18-20-13(12)17/h3-6,8,14H,1-2,7,17H2. The number of aromatic nitrogens is 1. The van der Waals surface area contributed by atoms with Crippen LogP contribution in [0.5, 0.6) is 5.75 Å². The van der Waals surface area contributed by atoms with Crippen molar-refractivity contribution < 1.29 is 18.0 Å². The molecule has 4 nitrogen and oxygen atoms in total. The van der Waals surface area contributed by atoms with E-state index in [4.69, 9.17) is 10.3 Å². The molecule has 0 amide bonds. The Morgan fingerprint density at radius 3 is 2.60 bits per heavy atom. The number of halogens is 2. The van der Waals surface area contributed by atoms with Gasteiger partial charge in [-0.1, -0.05) is 17.3 Å². The summed E-state index contributed by atoms with van der Waals surface area (Å²) in [6.45, 7) is -2.83. The maximum Gasteiger partial charge on any atom is 0.387 e. The molecule has 1 aromatic carbocycles. The van der Waals surface area contributed by atoms with Gasteiger partial charge in [0.2, 0.25) is 5.88 Å². The summed E-state index contributed by atoms with van der Waals surface area (Å²) in [6.07, 6.45) is 3.24. The van der Waals surface area contributed by atoms with Gasteiger partial charge in [-0.2, -0.15) is 8.78 Å². The lowest BCUT2D eigenvalue weighted by Gasteiger charge is -2.06. The molecule has 0 spiro atoms. The first kappa shape index (κ1) is 12.9. The van der Waals surface area contributed by atoms with Crippen LogP contribution in [0.2, 0.25) is 0 Å². The van der Waals surface area contributed by atoms with Crippen LogP contribution < -0.4 is 10.5 Å². The van der Waals surface area contributed by atoms with Gasteiger partial charge in [0.05, 0.1) is 11.3 Å². The van der Waals surface area contributed by atoms with Crippen molar-refractivity contribution in [1.29, 1.82) is 0 Å². The van der Waals surface area contributed by atoms with Gasteiger partial charge in [-0.15, -0.1) is 0 Å². The number of ether oxygens (including phenoxy) is 1. The number of benzene rings is 1. The number of hydrogen-bond donors (Lipinski definition) is 1. The number of hydrogen-bond acceptors (Lipinski definition) is 4. The molecule has 1 aliphatic carbocycles. The van der Waals surface area contributed by atoms with Crippen LogP contribution in [0.1, 0.15) is 18.5 Å². The van der Waals surface area contributed by atoms with Crippen molar-refractivity contribution in [2.45, 2.75) is 25.9 Å². The third-order valence-corrected chi connectivity index (χ3v) is 3.34. The van der Waals surface area contributed by atoms with Crippen molar-refractivity contribution in [2.24, 2.45) is 5.92 Å². The van der Waals surface area contributed by atoms with E-state index < -0.39 is 6.61 Å². The van der Waals surface area contributed by atoms with E-state index in [1.165, 1.54) is 25.0 Å². The summed E-state index contributed by atoms with van der Waals surface area (Å²) in [4.78, 5) is 0. The predicted octanol–water partition coefficient (Wildman–Crippen LogP) is 3.48. The number of nitrogen functional groups attached to an aromatic ring is 1. The number of alkyl halides is 2. The van der Waals surface area contributed by atoms with E-state index in [2.05, 4.69) is 9.89 Å². The van der Waals surface area contributed by atoms with Crippen LogP contribution in [0.15, 0.2) is 28.8 Å². The molecule has 1 aromatic heterocycles. The number of nitrogens with zero attached hydrogens (tertiary/aromatic N) is 1. The Balaban J connectivity index is 1.86. The van der Waals surface area contributed by atoms with Crippen molar-refractivity contribution >= 4 is 5.88 Å². The van der Waals surface area contributed by atoms with E-state index in [0.29, 0.717) is 5.92 Å². The molecule has 3 rings (SSSR count). The fraction of sp³-hybridized carbons (Fsp3) is 0.357. The molecule has 1 heterocycles. The highest BCUT2D eigenvalue weighted by Gasteiger charge is 2.26. The smallest absolute Gasteiger partial charge is 0.387 e. The highest BCUT2D eigenvalue weighted by atomic mass is 19.3. The summed E-state index contributed by atoms with van der Waals surface area (Å²) in [5, 5.41) is 3.99. The van der Waals surface area contributed by atoms with Gasteiger partial charge in [0.15, 0.2) is 0 Å². The van der Waals surface area contributed by atoms with E-state index in [9.17, 15) is 8.78 Å². The summed E-state index contributed by atoms with van der Waals surface area (Å²) in [5.74, 6) is 1.02. The quantitative estimate of drug-likeness (QED) is 0.910. The SMILES string of the molecule is Nc1onc(CC2CC2)c1-c1ccc(OC(F)F)cc1. The molecule has 0 aliphatic heterocycles. The fourth-order valence-electron chi connectivity index (χ4n) is 2.18. The summed E-state index contributed by atoms with van der Waals surface area (Å²) < 4.78 is 33.6. The zero-order valence-corrected chi connectivity index (χ0v) is 10.7. The summed E-state index contributed by atoms with van der Waals surface area (Å²) in [6, 6.07) is 6.32. The first-order valence-corrected chi connectivity index (χ1v) is 6.42. The van der Waals surface area contributed by atoms with Crippen LogP contribution in [0.25, 0.3) is 11.1 Å². The highest BCUT2D eigenvalue weighted by Crippen LogP contribution is 2.38. The number of anilines is 1. The van der Waals surface area contributed by atoms with Crippen LogP contribution >= 0.6 is 0 Å². The Morgan fingerprint density at radius 1 is 1.30 bits per heavy atom. The van der Waals surface area contributed by atoms with Gasteiger partial charge >= 0.3 is 6.61 Å². The Hall–Kier alpha value is -2.11. The minimum Gasteiger partial charge on any atom is -0.435 e. The Bertz CT molecular complexity index is 592. The van der Waals surface area contributed by atoms with Gasteiger partial charge in [0.25, 0.3) is 0 Å². The van der Waals surface area contributed by atoms with E-state index in [1.54, 1.807) is 12.1 Å².